The number of allylic oxidation sites excluding steroid dienone is 2. The number of rotatable bonds is 0. The molecule has 2 nitrogen and oxygen atoms in total. The van der Waals surface area contributed by atoms with E-state index in [1.165, 1.54) is 16.9 Å². The first-order chi connectivity index (χ1) is 7.75. The third-order valence-corrected chi connectivity index (χ3v) is 3.46. The molecule has 1 aromatic rings. The Hall–Kier alpha value is -1.57. The summed E-state index contributed by atoms with van der Waals surface area (Å²) >= 11 is 0. The predicted molar refractivity (Wildman–Crippen MR) is 64.4 cm³/mol. The summed E-state index contributed by atoms with van der Waals surface area (Å²) in [6.07, 6.45) is 4.45. The third-order valence-electron chi connectivity index (χ3n) is 3.46. The summed E-state index contributed by atoms with van der Waals surface area (Å²) in [6, 6.07) is 8.79. The number of anilines is 1. The SMILES string of the molecule is CC1CC(=O)CC2=CCc3ccccc3N21. The van der Waals surface area contributed by atoms with E-state index in [0.29, 0.717) is 24.7 Å². The lowest BCUT2D eigenvalue weighted by atomic mass is 9.92. The molecule has 2 aliphatic heterocycles. The monoisotopic (exact) mass is 213 g/mol. The number of hydrogen-bond donors (Lipinski definition) is 0. The number of nitrogens with zero attached hydrogens (tertiary/aromatic N) is 1. The minimum absolute atomic E-state index is 0.300. The van der Waals surface area contributed by atoms with Gasteiger partial charge in [-0.1, -0.05) is 24.3 Å². The highest BCUT2D eigenvalue weighted by Gasteiger charge is 2.30. The molecular formula is C14H15NO. The van der Waals surface area contributed by atoms with Crippen molar-refractivity contribution in [2.45, 2.75) is 32.2 Å². The molecule has 2 heteroatoms. The number of fused-ring (bicyclic) bond motifs is 3. The van der Waals surface area contributed by atoms with Crippen LogP contribution in [0, 0.1) is 0 Å². The van der Waals surface area contributed by atoms with E-state index in [2.05, 4.69) is 42.2 Å². The highest BCUT2D eigenvalue weighted by atomic mass is 16.1. The minimum atomic E-state index is 0.300. The van der Waals surface area contributed by atoms with Gasteiger partial charge in [0.2, 0.25) is 0 Å². The summed E-state index contributed by atoms with van der Waals surface area (Å²) in [5.41, 5.74) is 3.86. The van der Waals surface area contributed by atoms with Crippen LogP contribution in [0.15, 0.2) is 36.0 Å². The van der Waals surface area contributed by atoms with Gasteiger partial charge in [0.15, 0.2) is 0 Å². The highest BCUT2D eigenvalue weighted by molar-refractivity contribution is 5.86. The number of Topliss-reactive ketones (excluding diaryl/α,β-unsaturated/α-hetero) is 1. The van der Waals surface area contributed by atoms with E-state index in [1.807, 2.05) is 0 Å². The van der Waals surface area contributed by atoms with Crippen molar-refractivity contribution in [3.8, 4) is 0 Å². The normalized spacial score (nSPS) is 23.6. The zero-order valence-electron chi connectivity index (χ0n) is 9.44. The van der Waals surface area contributed by atoms with E-state index in [1.54, 1.807) is 0 Å². The van der Waals surface area contributed by atoms with Crippen molar-refractivity contribution in [3.05, 3.63) is 41.6 Å². The molecule has 1 aromatic carbocycles. The van der Waals surface area contributed by atoms with Crippen LogP contribution in [0.2, 0.25) is 0 Å². The first kappa shape index (κ1) is 9.64. The molecule has 16 heavy (non-hydrogen) atoms. The lowest BCUT2D eigenvalue weighted by molar-refractivity contribution is -0.119. The molecule has 0 N–H and O–H groups in total. The van der Waals surface area contributed by atoms with Gasteiger partial charge in [0, 0.05) is 30.3 Å². The lowest BCUT2D eigenvalue weighted by Crippen LogP contribution is -2.41. The zero-order valence-corrected chi connectivity index (χ0v) is 9.44. The molecule has 0 bridgehead atoms. The van der Waals surface area contributed by atoms with Crippen molar-refractivity contribution in [1.82, 2.24) is 0 Å². The molecule has 1 saturated heterocycles. The number of hydrogen-bond acceptors (Lipinski definition) is 2. The van der Waals surface area contributed by atoms with Crippen molar-refractivity contribution < 1.29 is 4.79 Å². The molecule has 3 rings (SSSR count). The maximum atomic E-state index is 11.6. The molecule has 0 amide bonds. The van der Waals surface area contributed by atoms with Crippen LogP contribution in [-0.4, -0.2) is 11.8 Å². The quantitative estimate of drug-likeness (QED) is 0.660. The van der Waals surface area contributed by atoms with E-state index in [0.717, 1.165) is 6.42 Å². The molecule has 0 aromatic heterocycles. The fraction of sp³-hybridized carbons (Fsp3) is 0.357. The summed E-state index contributed by atoms with van der Waals surface area (Å²) in [4.78, 5) is 13.9. The van der Waals surface area contributed by atoms with Gasteiger partial charge >= 0.3 is 0 Å². The van der Waals surface area contributed by atoms with E-state index < -0.39 is 0 Å². The molecule has 0 radical (unpaired) electrons. The summed E-state index contributed by atoms with van der Waals surface area (Å²) in [7, 11) is 0. The second-order valence-electron chi connectivity index (χ2n) is 4.67. The van der Waals surface area contributed by atoms with Crippen molar-refractivity contribution in [2.24, 2.45) is 0 Å². The standard InChI is InChI=1S/C14H15NO/c1-10-8-13(16)9-12-7-6-11-4-2-3-5-14(11)15(10)12/h2-5,7,10H,6,8-9H2,1H3. The first-order valence-electron chi connectivity index (χ1n) is 5.83. The Morgan fingerprint density at radius 3 is 3.00 bits per heavy atom. The minimum Gasteiger partial charge on any atom is -0.342 e. The average molecular weight is 213 g/mol. The Morgan fingerprint density at radius 1 is 1.31 bits per heavy atom. The topological polar surface area (TPSA) is 20.3 Å². The first-order valence-corrected chi connectivity index (χ1v) is 5.83. The predicted octanol–water partition coefficient (Wildman–Crippen LogP) is 2.68. The van der Waals surface area contributed by atoms with E-state index in [9.17, 15) is 4.79 Å². The average Bonchev–Trinajstić information content (AvgIpc) is 2.28. The summed E-state index contributed by atoms with van der Waals surface area (Å²) < 4.78 is 0. The number of ketones is 1. The van der Waals surface area contributed by atoms with Gasteiger partial charge in [-0.15, -0.1) is 0 Å². The van der Waals surface area contributed by atoms with Crippen LogP contribution < -0.4 is 4.90 Å². The largest absolute Gasteiger partial charge is 0.342 e. The number of benzene rings is 1. The summed E-state index contributed by atoms with van der Waals surface area (Å²) in [5.74, 6) is 0.370. The Kier molecular flexibility index (Phi) is 2.10. The van der Waals surface area contributed by atoms with Gasteiger partial charge in [-0.2, -0.15) is 0 Å². The molecule has 1 fully saturated rings. The fourth-order valence-electron chi connectivity index (χ4n) is 2.77. The Balaban J connectivity index is 2.07. The molecule has 82 valence electrons. The smallest absolute Gasteiger partial charge is 0.140 e. The zero-order chi connectivity index (χ0) is 11.1. The van der Waals surface area contributed by atoms with Gasteiger partial charge in [-0.3, -0.25) is 4.79 Å². The van der Waals surface area contributed by atoms with Gasteiger partial charge in [0.1, 0.15) is 5.78 Å². The molecule has 0 saturated carbocycles. The third kappa shape index (κ3) is 1.37. The highest BCUT2D eigenvalue weighted by Crippen LogP contribution is 2.36. The van der Waals surface area contributed by atoms with Crippen molar-refractivity contribution in [3.63, 3.8) is 0 Å². The van der Waals surface area contributed by atoms with Crippen molar-refractivity contribution in [1.29, 1.82) is 0 Å². The molecule has 2 aliphatic rings. The fourth-order valence-corrected chi connectivity index (χ4v) is 2.77. The van der Waals surface area contributed by atoms with Gasteiger partial charge in [-0.05, 0) is 25.0 Å². The Labute approximate surface area is 95.6 Å². The molecule has 0 aliphatic carbocycles. The molecule has 1 atom stereocenters. The van der Waals surface area contributed by atoms with E-state index in [-0.39, 0.29) is 0 Å². The van der Waals surface area contributed by atoms with Gasteiger partial charge in [0.25, 0.3) is 0 Å². The number of piperidine rings is 1. The summed E-state index contributed by atoms with van der Waals surface area (Å²) in [6.45, 7) is 2.13. The molecule has 0 spiro atoms. The number of carbonyl (C=O) groups is 1. The van der Waals surface area contributed by atoms with E-state index >= 15 is 0 Å². The van der Waals surface area contributed by atoms with Crippen LogP contribution in [-0.2, 0) is 11.2 Å². The Bertz CT molecular complexity index is 475. The van der Waals surface area contributed by atoms with Crippen LogP contribution in [0.25, 0.3) is 0 Å². The van der Waals surface area contributed by atoms with Crippen LogP contribution in [0.4, 0.5) is 5.69 Å². The van der Waals surface area contributed by atoms with Gasteiger partial charge in [0.05, 0.1) is 0 Å². The van der Waals surface area contributed by atoms with Crippen LogP contribution in [0.3, 0.4) is 0 Å². The molecule has 1 unspecified atom stereocenters. The lowest BCUT2D eigenvalue weighted by Gasteiger charge is -2.40. The Morgan fingerprint density at radius 2 is 2.12 bits per heavy atom. The van der Waals surface area contributed by atoms with Crippen LogP contribution in [0.1, 0.15) is 25.3 Å². The molecular weight excluding hydrogens is 198 g/mol. The number of carbonyl (C=O) groups excluding carboxylic acids is 1. The van der Waals surface area contributed by atoms with Crippen molar-refractivity contribution in [2.75, 3.05) is 4.90 Å². The molecule has 2 heterocycles. The maximum Gasteiger partial charge on any atom is 0.140 e. The van der Waals surface area contributed by atoms with Crippen LogP contribution >= 0.6 is 0 Å². The van der Waals surface area contributed by atoms with E-state index in [4.69, 9.17) is 0 Å². The number of para-hydroxylation sites is 1. The van der Waals surface area contributed by atoms with Gasteiger partial charge in [-0.25, -0.2) is 0 Å². The second-order valence-corrected chi connectivity index (χ2v) is 4.67. The summed E-state index contributed by atoms with van der Waals surface area (Å²) in [5, 5.41) is 0. The van der Waals surface area contributed by atoms with Gasteiger partial charge < -0.3 is 4.90 Å². The second kappa shape index (κ2) is 3.48. The van der Waals surface area contributed by atoms with Crippen LogP contribution in [0.5, 0.6) is 0 Å². The maximum absolute atomic E-state index is 11.6. The van der Waals surface area contributed by atoms with Crippen molar-refractivity contribution >= 4 is 11.5 Å².